The molecule has 1 saturated carbocycles. The molecule has 2 unspecified atom stereocenters. The summed E-state index contributed by atoms with van der Waals surface area (Å²) >= 11 is 0. The number of pyridine rings is 1. The predicted molar refractivity (Wildman–Crippen MR) is 96.4 cm³/mol. The van der Waals surface area contributed by atoms with Gasteiger partial charge in [-0.3, -0.25) is 0 Å². The number of hydrogen-bond donors (Lipinski definition) is 0. The molecule has 8 heteroatoms. The molecule has 3 aromatic rings. The fourth-order valence-electron chi connectivity index (χ4n) is 4.82. The highest BCUT2D eigenvalue weighted by molar-refractivity contribution is 5.76. The van der Waals surface area contributed by atoms with Crippen molar-refractivity contribution >= 4 is 16.9 Å². The Morgan fingerprint density at radius 1 is 1.00 bits per heavy atom. The van der Waals surface area contributed by atoms with Gasteiger partial charge in [-0.15, -0.1) is 0 Å². The molecule has 2 aliphatic rings. The van der Waals surface area contributed by atoms with E-state index in [9.17, 15) is 17.6 Å². The highest BCUT2D eigenvalue weighted by Gasteiger charge is 2.44. The van der Waals surface area contributed by atoms with E-state index in [1.165, 1.54) is 12.1 Å². The zero-order valence-electron chi connectivity index (χ0n) is 14.9. The van der Waals surface area contributed by atoms with Crippen LogP contribution in [0.15, 0.2) is 42.7 Å². The number of aromatic nitrogens is 3. The van der Waals surface area contributed by atoms with E-state index in [0.29, 0.717) is 35.9 Å². The molecule has 1 aliphatic heterocycles. The Labute approximate surface area is 158 Å². The van der Waals surface area contributed by atoms with Crippen molar-refractivity contribution in [3.8, 4) is 0 Å². The first-order valence-corrected chi connectivity index (χ1v) is 9.32. The van der Waals surface area contributed by atoms with Gasteiger partial charge in [-0.25, -0.2) is 14.4 Å². The molecule has 0 spiro atoms. The lowest BCUT2D eigenvalue weighted by Gasteiger charge is -2.23. The Morgan fingerprint density at radius 2 is 1.82 bits per heavy atom. The molecule has 5 rings (SSSR count). The first-order valence-electron chi connectivity index (χ1n) is 9.32. The summed E-state index contributed by atoms with van der Waals surface area (Å²) in [4.78, 5) is 10.1. The predicted octanol–water partition coefficient (Wildman–Crippen LogP) is 4.68. The second kappa shape index (κ2) is 6.18. The third-order valence-electron chi connectivity index (χ3n) is 6.07. The topological polar surface area (TPSA) is 34.0 Å². The van der Waals surface area contributed by atoms with E-state index >= 15 is 0 Å². The van der Waals surface area contributed by atoms with E-state index in [1.54, 1.807) is 24.5 Å². The van der Waals surface area contributed by atoms with Gasteiger partial charge in [0.1, 0.15) is 22.8 Å². The summed E-state index contributed by atoms with van der Waals surface area (Å²) in [6.07, 6.45) is -0.898. The van der Waals surface area contributed by atoms with Crippen LogP contribution in [0.3, 0.4) is 0 Å². The lowest BCUT2D eigenvalue weighted by Crippen LogP contribution is -2.25. The minimum atomic E-state index is -4.46. The number of hydrogen-bond acceptors (Lipinski definition) is 3. The van der Waals surface area contributed by atoms with E-state index in [2.05, 4.69) is 9.97 Å². The van der Waals surface area contributed by atoms with Crippen molar-refractivity contribution in [3.63, 3.8) is 0 Å². The quantitative estimate of drug-likeness (QED) is 0.596. The van der Waals surface area contributed by atoms with Gasteiger partial charge in [-0.05, 0) is 43.0 Å². The van der Waals surface area contributed by atoms with Crippen LogP contribution in [0.4, 0.5) is 23.4 Å². The lowest BCUT2D eigenvalue weighted by molar-refractivity contribution is -0.141. The molecule has 0 bridgehead atoms. The van der Waals surface area contributed by atoms with Crippen LogP contribution in [0.1, 0.15) is 24.6 Å². The van der Waals surface area contributed by atoms with E-state index in [4.69, 9.17) is 0 Å². The SMILES string of the molecule is Fc1cccc2ncn(C3CCC4CN(c5cccc(C(F)(F)F)n5)C[C@@H]43)c12. The van der Waals surface area contributed by atoms with Crippen LogP contribution in [0.25, 0.3) is 11.0 Å². The van der Waals surface area contributed by atoms with Crippen LogP contribution in [0.2, 0.25) is 0 Å². The molecule has 3 atom stereocenters. The molecule has 1 saturated heterocycles. The smallest absolute Gasteiger partial charge is 0.356 e. The second-order valence-electron chi connectivity index (χ2n) is 7.61. The average Bonchev–Trinajstić information content (AvgIpc) is 3.35. The number of anilines is 1. The van der Waals surface area contributed by atoms with Gasteiger partial charge in [0.05, 0.1) is 11.8 Å². The lowest BCUT2D eigenvalue weighted by atomic mass is 9.97. The van der Waals surface area contributed by atoms with Crippen molar-refractivity contribution in [1.82, 2.24) is 14.5 Å². The summed E-state index contributed by atoms with van der Waals surface area (Å²) in [5.74, 6) is 0.636. The molecule has 1 aromatic carbocycles. The Kier molecular flexibility index (Phi) is 3.86. The Balaban J connectivity index is 1.44. The van der Waals surface area contributed by atoms with Gasteiger partial charge in [0.15, 0.2) is 0 Å². The van der Waals surface area contributed by atoms with E-state index in [1.807, 2.05) is 9.47 Å². The molecular formula is C20H18F4N4. The molecular weight excluding hydrogens is 372 g/mol. The standard InChI is InChI=1S/C20H18F4N4/c21-14-3-1-4-15-19(14)28(11-25-15)16-8-7-12-9-27(10-13(12)16)18-6-2-5-17(26-18)20(22,23)24/h1-6,11-13,16H,7-10H2/t12?,13-,16?/m0/s1. The largest absolute Gasteiger partial charge is 0.433 e. The molecule has 146 valence electrons. The highest BCUT2D eigenvalue weighted by Crippen LogP contribution is 2.47. The molecule has 1 aliphatic carbocycles. The summed E-state index contributed by atoms with van der Waals surface area (Å²) < 4.78 is 55.3. The Morgan fingerprint density at radius 3 is 2.64 bits per heavy atom. The van der Waals surface area contributed by atoms with Gasteiger partial charge in [0.2, 0.25) is 0 Å². The third-order valence-corrected chi connectivity index (χ3v) is 6.07. The van der Waals surface area contributed by atoms with Crippen LogP contribution < -0.4 is 4.90 Å². The monoisotopic (exact) mass is 390 g/mol. The van der Waals surface area contributed by atoms with Crippen molar-refractivity contribution in [2.24, 2.45) is 11.8 Å². The van der Waals surface area contributed by atoms with Crippen molar-refractivity contribution in [3.05, 3.63) is 54.2 Å². The van der Waals surface area contributed by atoms with Gasteiger partial charge in [-0.2, -0.15) is 13.2 Å². The zero-order chi connectivity index (χ0) is 19.5. The summed E-state index contributed by atoms with van der Waals surface area (Å²) in [5.41, 5.74) is 0.253. The van der Waals surface area contributed by atoms with Crippen LogP contribution in [0, 0.1) is 17.7 Å². The second-order valence-corrected chi connectivity index (χ2v) is 7.61. The minimum Gasteiger partial charge on any atom is -0.356 e. The first kappa shape index (κ1) is 17.5. The van der Waals surface area contributed by atoms with Crippen molar-refractivity contribution in [2.45, 2.75) is 25.1 Å². The molecule has 0 radical (unpaired) electrons. The fourth-order valence-corrected chi connectivity index (χ4v) is 4.82. The van der Waals surface area contributed by atoms with Crippen LogP contribution in [-0.4, -0.2) is 27.6 Å². The minimum absolute atomic E-state index is 0.0858. The van der Waals surface area contributed by atoms with Crippen LogP contribution in [0.5, 0.6) is 0 Å². The maximum absolute atomic E-state index is 14.4. The average molecular weight is 390 g/mol. The fraction of sp³-hybridized carbons (Fsp3) is 0.400. The number of alkyl halides is 3. The van der Waals surface area contributed by atoms with Gasteiger partial charge in [-0.1, -0.05) is 12.1 Å². The number of benzene rings is 1. The van der Waals surface area contributed by atoms with Gasteiger partial charge in [0, 0.05) is 25.0 Å². The number of fused-ring (bicyclic) bond motifs is 2. The number of halogens is 4. The van der Waals surface area contributed by atoms with E-state index < -0.39 is 11.9 Å². The summed E-state index contributed by atoms with van der Waals surface area (Å²) in [7, 11) is 0. The van der Waals surface area contributed by atoms with Crippen LogP contribution >= 0.6 is 0 Å². The maximum Gasteiger partial charge on any atom is 0.433 e. The summed E-state index contributed by atoms with van der Waals surface area (Å²) in [5, 5.41) is 0. The van der Waals surface area contributed by atoms with E-state index in [0.717, 1.165) is 18.9 Å². The van der Waals surface area contributed by atoms with Crippen LogP contribution in [-0.2, 0) is 6.18 Å². The normalized spacial score (nSPS) is 24.9. The third kappa shape index (κ3) is 2.73. The summed E-state index contributed by atoms with van der Waals surface area (Å²) in [6, 6.07) is 8.96. The number of rotatable bonds is 2. The Hall–Kier alpha value is -2.64. The molecule has 0 N–H and O–H groups in total. The van der Waals surface area contributed by atoms with Crippen molar-refractivity contribution < 1.29 is 17.6 Å². The molecule has 4 nitrogen and oxygen atoms in total. The van der Waals surface area contributed by atoms with Gasteiger partial charge >= 0.3 is 6.18 Å². The first-order chi connectivity index (χ1) is 13.4. The van der Waals surface area contributed by atoms with Crippen molar-refractivity contribution in [2.75, 3.05) is 18.0 Å². The molecule has 0 amide bonds. The maximum atomic E-state index is 14.4. The summed E-state index contributed by atoms with van der Waals surface area (Å²) in [6.45, 7) is 1.28. The van der Waals surface area contributed by atoms with Gasteiger partial charge in [0.25, 0.3) is 0 Å². The number of nitrogens with zero attached hydrogens (tertiary/aromatic N) is 4. The van der Waals surface area contributed by atoms with E-state index in [-0.39, 0.29) is 17.8 Å². The highest BCUT2D eigenvalue weighted by atomic mass is 19.4. The molecule has 28 heavy (non-hydrogen) atoms. The number of para-hydroxylation sites is 1. The van der Waals surface area contributed by atoms with Crippen molar-refractivity contribution in [1.29, 1.82) is 0 Å². The van der Waals surface area contributed by atoms with Gasteiger partial charge < -0.3 is 9.47 Å². The number of imidazole rings is 1. The Bertz CT molecular complexity index is 1030. The molecule has 3 heterocycles. The zero-order valence-corrected chi connectivity index (χ0v) is 14.9. The molecule has 2 aromatic heterocycles. The molecule has 2 fully saturated rings.